The third kappa shape index (κ3) is 3.11. The van der Waals surface area contributed by atoms with Crippen LogP contribution in [0, 0.1) is 0 Å². The van der Waals surface area contributed by atoms with Crippen LogP contribution in [-0.2, 0) is 0 Å². The number of nitrogens with one attached hydrogen (secondary N) is 1. The first kappa shape index (κ1) is 14.4. The zero-order valence-corrected chi connectivity index (χ0v) is 12.2. The lowest BCUT2D eigenvalue weighted by Crippen LogP contribution is -2.13. The average molecular weight is 289 g/mol. The van der Waals surface area contributed by atoms with Gasteiger partial charge in [0, 0.05) is 11.3 Å². The van der Waals surface area contributed by atoms with Crippen molar-refractivity contribution in [3.8, 4) is 0 Å². The van der Waals surface area contributed by atoms with E-state index in [1.165, 1.54) is 0 Å². The highest BCUT2D eigenvalue weighted by Gasteiger charge is 2.11. The van der Waals surface area contributed by atoms with Crippen molar-refractivity contribution < 1.29 is 4.79 Å². The summed E-state index contributed by atoms with van der Waals surface area (Å²) in [6.07, 6.45) is 0. The summed E-state index contributed by atoms with van der Waals surface area (Å²) in [6.45, 7) is 4.18. The molecule has 0 bridgehead atoms. The van der Waals surface area contributed by atoms with Crippen LogP contribution < -0.4 is 11.1 Å². The highest BCUT2D eigenvalue weighted by molar-refractivity contribution is 6.33. The quantitative estimate of drug-likeness (QED) is 0.828. The van der Waals surface area contributed by atoms with Gasteiger partial charge in [0.2, 0.25) is 0 Å². The fraction of sp³-hybridized carbons (Fsp3) is 0.188. The van der Waals surface area contributed by atoms with Gasteiger partial charge in [0.15, 0.2) is 0 Å². The molecule has 0 spiro atoms. The molecule has 3 N–H and O–H groups in total. The van der Waals surface area contributed by atoms with Crippen LogP contribution in [0.2, 0.25) is 5.02 Å². The lowest BCUT2D eigenvalue weighted by atomic mass is 10.0. The third-order valence-corrected chi connectivity index (χ3v) is 3.42. The fourth-order valence-corrected chi connectivity index (χ4v) is 2.16. The second kappa shape index (κ2) is 5.97. The number of hydrogen-bond donors (Lipinski definition) is 2. The van der Waals surface area contributed by atoms with Crippen molar-refractivity contribution in [2.45, 2.75) is 19.8 Å². The fourth-order valence-electron chi connectivity index (χ4n) is 1.98. The van der Waals surface area contributed by atoms with E-state index in [-0.39, 0.29) is 5.91 Å². The van der Waals surface area contributed by atoms with Gasteiger partial charge in [-0.3, -0.25) is 4.79 Å². The number of anilines is 2. The van der Waals surface area contributed by atoms with Crippen LogP contribution >= 0.6 is 11.6 Å². The molecular weight excluding hydrogens is 272 g/mol. The monoisotopic (exact) mass is 288 g/mol. The van der Waals surface area contributed by atoms with Crippen molar-refractivity contribution in [3.05, 3.63) is 58.6 Å². The molecule has 0 unspecified atom stereocenters. The number of halogens is 1. The van der Waals surface area contributed by atoms with Gasteiger partial charge in [0.25, 0.3) is 5.91 Å². The van der Waals surface area contributed by atoms with Crippen molar-refractivity contribution in [1.82, 2.24) is 0 Å². The first-order valence-electron chi connectivity index (χ1n) is 6.44. The minimum absolute atomic E-state index is 0.194. The number of amides is 1. The first-order chi connectivity index (χ1) is 9.49. The molecule has 20 heavy (non-hydrogen) atoms. The van der Waals surface area contributed by atoms with E-state index in [1.54, 1.807) is 18.2 Å². The molecule has 0 heterocycles. The second-order valence-electron chi connectivity index (χ2n) is 4.93. The molecule has 0 saturated carbocycles. The van der Waals surface area contributed by atoms with E-state index < -0.39 is 0 Å². The summed E-state index contributed by atoms with van der Waals surface area (Å²) in [5, 5.41) is 3.30. The Labute approximate surface area is 123 Å². The summed E-state index contributed by atoms with van der Waals surface area (Å²) in [4.78, 5) is 12.2. The third-order valence-electron chi connectivity index (χ3n) is 3.09. The number of benzene rings is 2. The summed E-state index contributed by atoms with van der Waals surface area (Å²) >= 11 is 5.94. The van der Waals surface area contributed by atoms with Gasteiger partial charge in [-0.15, -0.1) is 0 Å². The molecular formula is C16H17ClN2O. The van der Waals surface area contributed by atoms with Gasteiger partial charge in [0.05, 0.1) is 10.7 Å². The zero-order chi connectivity index (χ0) is 14.7. The van der Waals surface area contributed by atoms with Gasteiger partial charge in [-0.25, -0.2) is 0 Å². The molecule has 104 valence electrons. The molecule has 2 aromatic carbocycles. The molecule has 0 atom stereocenters. The number of carbonyl (C=O) groups excluding carboxylic acids is 1. The number of rotatable bonds is 3. The molecule has 3 nitrogen and oxygen atoms in total. The summed E-state index contributed by atoms with van der Waals surface area (Å²) in [7, 11) is 0. The number of hydrogen-bond acceptors (Lipinski definition) is 2. The molecule has 1 amide bonds. The van der Waals surface area contributed by atoms with Gasteiger partial charge >= 0.3 is 0 Å². The molecule has 2 rings (SSSR count). The van der Waals surface area contributed by atoms with Crippen LogP contribution in [0.3, 0.4) is 0 Å². The van der Waals surface area contributed by atoms with E-state index in [0.717, 1.165) is 11.3 Å². The minimum Gasteiger partial charge on any atom is -0.398 e. The lowest BCUT2D eigenvalue weighted by Gasteiger charge is -2.13. The molecule has 0 aliphatic carbocycles. The maximum Gasteiger partial charge on any atom is 0.255 e. The number of carbonyl (C=O) groups is 1. The second-order valence-corrected chi connectivity index (χ2v) is 5.34. The largest absolute Gasteiger partial charge is 0.398 e. The van der Waals surface area contributed by atoms with Crippen LogP contribution in [0.25, 0.3) is 0 Å². The number of nitrogens with two attached hydrogens (primary N) is 1. The molecule has 0 aliphatic rings. The van der Waals surface area contributed by atoms with E-state index >= 15 is 0 Å². The summed E-state index contributed by atoms with van der Waals surface area (Å²) in [5.41, 5.74) is 8.51. The van der Waals surface area contributed by atoms with Crippen molar-refractivity contribution in [2.75, 3.05) is 11.1 Å². The summed E-state index contributed by atoms with van der Waals surface area (Å²) < 4.78 is 0. The zero-order valence-electron chi connectivity index (χ0n) is 11.5. The van der Waals surface area contributed by atoms with Gasteiger partial charge in [0.1, 0.15) is 0 Å². The minimum atomic E-state index is -0.194. The normalized spacial score (nSPS) is 10.6. The van der Waals surface area contributed by atoms with E-state index in [0.29, 0.717) is 22.2 Å². The van der Waals surface area contributed by atoms with Crippen LogP contribution in [0.4, 0.5) is 11.4 Å². The molecule has 0 fully saturated rings. The van der Waals surface area contributed by atoms with Crippen LogP contribution in [0.1, 0.15) is 35.7 Å². The van der Waals surface area contributed by atoms with Crippen molar-refractivity contribution >= 4 is 28.9 Å². The van der Waals surface area contributed by atoms with E-state index in [4.69, 9.17) is 17.3 Å². The van der Waals surface area contributed by atoms with E-state index in [1.807, 2.05) is 24.3 Å². The Morgan fingerprint density at radius 1 is 1.20 bits per heavy atom. The molecule has 0 aromatic heterocycles. The topological polar surface area (TPSA) is 55.1 Å². The Morgan fingerprint density at radius 3 is 2.55 bits per heavy atom. The van der Waals surface area contributed by atoms with E-state index in [9.17, 15) is 4.79 Å². The maximum absolute atomic E-state index is 12.2. The van der Waals surface area contributed by atoms with Crippen LogP contribution in [-0.4, -0.2) is 5.91 Å². The average Bonchev–Trinajstić information content (AvgIpc) is 2.42. The van der Waals surface area contributed by atoms with Gasteiger partial charge in [-0.2, -0.15) is 0 Å². The predicted molar refractivity (Wildman–Crippen MR) is 84.3 cm³/mol. The summed E-state index contributed by atoms with van der Waals surface area (Å²) in [5.74, 6) is 0.140. The number of para-hydroxylation sites is 1. The van der Waals surface area contributed by atoms with E-state index in [2.05, 4.69) is 19.2 Å². The van der Waals surface area contributed by atoms with Gasteiger partial charge < -0.3 is 11.1 Å². The van der Waals surface area contributed by atoms with Crippen molar-refractivity contribution in [3.63, 3.8) is 0 Å². The Kier molecular flexibility index (Phi) is 4.30. The Bertz CT molecular complexity index is 638. The lowest BCUT2D eigenvalue weighted by molar-refractivity contribution is 0.102. The molecule has 0 saturated heterocycles. The van der Waals surface area contributed by atoms with Crippen molar-refractivity contribution in [2.24, 2.45) is 0 Å². The molecule has 4 heteroatoms. The predicted octanol–water partition coefficient (Wildman–Crippen LogP) is 4.30. The number of nitrogen functional groups attached to an aromatic ring is 1. The van der Waals surface area contributed by atoms with Gasteiger partial charge in [-0.05, 0) is 35.7 Å². The smallest absolute Gasteiger partial charge is 0.255 e. The van der Waals surface area contributed by atoms with Gasteiger partial charge in [-0.1, -0.05) is 43.6 Å². The maximum atomic E-state index is 12.2. The SMILES string of the molecule is CC(C)c1ccccc1NC(=O)c1ccc(N)c(Cl)c1. The Balaban J connectivity index is 2.26. The Morgan fingerprint density at radius 2 is 1.90 bits per heavy atom. The summed E-state index contributed by atoms with van der Waals surface area (Å²) in [6, 6.07) is 12.6. The Hall–Kier alpha value is -2.00. The van der Waals surface area contributed by atoms with Crippen LogP contribution in [0.15, 0.2) is 42.5 Å². The molecule has 0 radical (unpaired) electrons. The highest BCUT2D eigenvalue weighted by Crippen LogP contribution is 2.25. The molecule has 0 aliphatic heterocycles. The van der Waals surface area contributed by atoms with Crippen LogP contribution in [0.5, 0.6) is 0 Å². The highest BCUT2D eigenvalue weighted by atomic mass is 35.5. The first-order valence-corrected chi connectivity index (χ1v) is 6.82. The molecule has 2 aromatic rings. The standard InChI is InChI=1S/C16H17ClN2O/c1-10(2)12-5-3-4-6-15(12)19-16(20)11-7-8-14(18)13(17)9-11/h3-10H,18H2,1-2H3,(H,19,20). The van der Waals surface area contributed by atoms with Crippen molar-refractivity contribution in [1.29, 1.82) is 0 Å².